The molecule has 0 aromatic carbocycles. The molecule has 0 aliphatic carbocycles. The Morgan fingerprint density at radius 3 is 3.00 bits per heavy atom. The summed E-state index contributed by atoms with van der Waals surface area (Å²) in [7, 11) is 0. The van der Waals surface area contributed by atoms with Gasteiger partial charge in [-0.3, -0.25) is 9.89 Å². The molecule has 19 heavy (non-hydrogen) atoms. The standard InChI is InChI=1S/C12H14ClN5O/c1-2-5-14-10-4-3-9(13)11(18-10)12(19)17-8-6-15-16-7-8/h3-4,6-7H,2,5H2,1H3,(H,14,18)(H,15,16)(H,17,19). The third kappa shape index (κ3) is 3.45. The lowest BCUT2D eigenvalue weighted by atomic mass is 10.3. The van der Waals surface area contributed by atoms with E-state index in [1.807, 2.05) is 0 Å². The molecule has 0 bridgehead atoms. The fraction of sp³-hybridized carbons (Fsp3) is 0.250. The van der Waals surface area contributed by atoms with E-state index in [9.17, 15) is 4.79 Å². The second-order valence-electron chi connectivity index (χ2n) is 3.89. The van der Waals surface area contributed by atoms with Crippen molar-refractivity contribution in [1.29, 1.82) is 0 Å². The first kappa shape index (κ1) is 13.4. The summed E-state index contributed by atoms with van der Waals surface area (Å²) in [5.74, 6) is 0.259. The molecule has 0 saturated heterocycles. The van der Waals surface area contributed by atoms with E-state index in [1.54, 1.807) is 18.3 Å². The highest BCUT2D eigenvalue weighted by Crippen LogP contribution is 2.18. The molecule has 0 spiro atoms. The number of nitrogens with zero attached hydrogens (tertiary/aromatic N) is 2. The largest absolute Gasteiger partial charge is 0.370 e. The quantitative estimate of drug-likeness (QED) is 0.785. The van der Waals surface area contributed by atoms with Crippen LogP contribution >= 0.6 is 11.6 Å². The molecule has 0 fully saturated rings. The molecule has 0 aliphatic rings. The number of anilines is 2. The number of carbonyl (C=O) groups is 1. The van der Waals surface area contributed by atoms with Crippen LogP contribution in [-0.2, 0) is 0 Å². The van der Waals surface area contributed by atoms with Gasteiger partial charge in [-0.15, -0.1) is 0 Å². The summed E-state index contributed by atoms with van der Waals surface area (Å²) in [6.45, 7) is 2.84. The summed E-state index contributed by atoms with van der Waals surface area (Å²) in [4.78, 5) is 16.2. The van der Waals surface area contributed by atoms with Gasteiger partial charge in [-0.05, 0) is 18.6 Å². The maximum atomic E-state index is 12.0. The molecule has 2 rings (SSSR count). The molecule has 0 atom stereocenters. The van der Waals surface area contributed by atoms with Gasteiger partial charge in [-0.1, -0.05) is 18.5 Å². The Morgan fingerprint density at radius 2 is 2.32 bits per heavy atom. The molecule has 0 unspecified atom stereocenters. The van der Waals surface area contributed by atoms with Crippen molar-refractivity contribution in [2.75, 3.05) is 17.2 Å². The van der Waals surface area contributed by atoms with E-state index < -0.39 is 0 Å². The van der Waals surface area contributed by atoms with E-state index in [0.717, 1.165) is 13.0 Å². The fourth-order valence-corrected chi connectivity index (χ4v) is 1.65. The van der Waals surface area contributed by atoms with Crippen LogP contribution in [0.25, 0.3) is 0 Å². The summed E-state index contributed by atoms with van der Waals surface area (Å²) in [6, 6.07) is 3.39. The lowest BCUT2D eigenvalue weighted by Gasteiger charge is -2.08. The number of H-pyrrole nitrogens is 1. The molecule has 7 heteroatoms. The second kappa shape index (κ2) is 6.19. The lowest BCUT2D eigenvalue weighted by molar-refractivity contribution is 0.102. The SMILES string of the molecule is CCCNc1ccc(Cl)c(C(=O)Nc2cn[nH]c2)n1. The van der Waals surface area contributed by atoms with Crippen molar-refractivity contribution in [3.05, 3.63) is 35.2 Å². The Labute approximate surface area is 115 Å². The van der Waals surface area contributed by atoms with Crippen molar-refractivity contribution < 1.29 is 4.79 Å². The second-order valence-corrected chi connectivity index (χ2v) is 4.30. The van der Waals surface area contributed by atoms with Crippen LogP contribution in [0.3, 0.4) is 0 Å². The van der Waals surface area contributed by atoms with Gasteiger partial charge in [0.15, 0.2) is 0 Å². The number of pyridine rings is 1. The van der Waals surface area contributed by atoms with Crippen molar-refractivity contribution >= 4 is 29.0 Å². The first-order chi connectivity index (χ1) is 9.20. The van der Waals surface area contributed by atoms with Crippen molar-refractivity contribution in [3.8, 4) is 0 Å². The summed E-state index contributed by atoms with van der Waals surface area (Å²) in [6.07, 6.45) is 4.05. The highest BCUT2D eigenvalue weighted by Gasteiger charge is 2.13. The summed E-state index contributed by atoms with van der Waals surface area (Å²) < 4.78 is 0. The zero-order valence-electron chi connectivity index (χ0n) is 10.4. The molecular formula is C12H14ClN5O. The Kier molecular flexibility index (Phi) is 4.35. The van der Waals surface area contributed by atoms with Crippen LogP contribution in [0.15, 0.2) is 24.5 Å². The van der Waals surface area contributed by atoms with Crippen LogP contribution in [0.4, 0.5) is 11.5 Å². The number of carbonyl (C=O) groups excluding carboxylic acids is 1. The monoisotopic (exact) mass is 279 g/mol. The van der Waals surface area contributed by atoms with Gasteiger partial charge >= 0.3 is 0 Å². The number of nitrogens with one attached hydrogen (secondary N) is 3. The van der Waals surface area contributed by atoms with Crippen molar-refractivity contribution in [3.63, 3.8) is 0 Å². The predicted molar refractivity (Wildman–Crippen MR) is 74.6 cm³/mol. The third-order valence-electron chi connectivity index (χ3n) is 2.37. The zero-order valence-corrected chi connectivity index (χ0v) is 11.2. The van der Waals surface area contributed by atoms with Gasteiger partial charge in [0.1, 0.15) is 11.5 Å². The number of rotatable bonds is 5. The average Bonchev–Trinajstić information content (AvgIpc) is 2.90. The van der Waals surface area contributed by atoms with Crippen LogP contribution in [0.1, 0.15) is 23.8 Å². The Balaban J connectivity index is 2.15. The van der Waals surface area contributed by atoms with Crippen LogP contribution < -0.4 is 10.6 Å². The zero-order chi connectivity index (χ0) is 13.7. The van der Waals surface area contributed by atoms with E-state index in [4.69, 9.17) is 11.6 Å². The number of aromatic amines is 1. The number of aromatic nitrogens is 3. The maximum absolute atomic E-state index is 12.0. The molecule has 2 aromatic rings. The van der Waals surface area contributed by atoms with Gasteiger partial charge in [0.25, 0.3) is 5.91 Å². The number of hydrogen-bond donors (Lipinski definition) is 3. The first-order valence-electron chi connectivity index (χ1n) is 5.91. The first-order valence-corrected chi connectivity index (χ1v) is 6.29. The van der Waals surface area contributed by atoms with Gasteiger partial charge in [0, 0.05) is 12.7 Å². The van der Waals surface area contributed by atoms with Crippen molar-refractivity contribution in [2.45, 2.75) is 13.3 Å². The highest BCUT2D eigenvalue weighted by molar-refractivity contribution is 6.34. The molecule has 6 nitrogen and oxygen atoms in total. The Morgan fingerprint density at radius 1 is 1.47 bits per heavy atom. The van der Waals surface area contributed by atoms with Gasteiger partial charge in [0.2, 0.25) is 0 Å². The minimum absolute atomic E-state index is 0.184. The average molecular weight is 280 g/mol. The van der Waals surface area contributed by atoms with Crippen LogP contribution in [0, 0.1) is 0 Å². The van der Waals surface area contributed by atoms with E-state index >= 15 is 0 Å². The highest BCUT2D eigenvalue weighted by atomic mass is 35.5. The van der Waals surface area contributed by atoms with E-state index in [-0.39, 0.29) is 11.6 Å². The number of hydrogen-bond acceptors (Lipinski definition) is 4. The summed E-state index contributed by atoms with van der Waals surface area (Å²) in [5, 5.41) is 12.4. The van der Waals surface area contributed by atoms with E-state index in [1.165, 1.54) is 6.20 Å². The normalized spacial score (nSPS) is 10.2. The van der Waals surface area contributed by atoms with Crippen molar-refractivity contribution in [2.24, 2.45) is 0 Å². The van der Waals surface area contributed by atoms with Crippen LogP contribution in [0.5, 0.6) is 0 Å². The number of halogens is 1. The molecular weight excluding hydrogens is 266 g/mol. The van der Waals surface area contributed by atoms with Gasteiger partial charge < -0.3 is 10.6 Å². The van der Waals surface area contributed by atoms with E-state index in [0.29, 0.717) is 16.5 Å². The van der Waals surface area contributed by atoms with Crippen LogP contribution in [-0.4, -0.2) is 27.6 Å². The van der Waals surface area contributed by atoms with Crippen LogP contribution in [0.2, 0.25) is 5.02 Å². The Bertz CT molecular complexity index is 555. The summed E-state index contributed by atoms with van der Waals surface area (Å²) >= 11 is 5.99. The molecule has 2 heterocycles. The smallest absolute Gasteiger partial charge is 0.275 e. The molecule has 1 amide bonds. The Hall–Kier alpha value is -2.08. The molecule has 0 aliphatic heterocycles. The maximum Gasteiger partial charge on any atom is 0.275 e. The number of amides is 1. The molecule has 0 saturated carbocycles. The fourth-order valence-electron chi connectivity index (χ4n) is 1.46. The lowest BCUT2D eigenvalue weighted by Crippen LogP contribution is -2.15. The van der Waals surface area contributed by atoms with Crippen molar-refractivity contribution in [1.82, 2.24) is 15.2 Å². The molecule has 2 aromatic heterocycles. The van der Waals surface area contributed by atoms with E-state index in [2.05, 4.69) is 32.7 Å². The van der Waals surface area contributed by atoms with Gasteiger partial charge in [-0.2, -0.15) is 5.10 Å². The van der Waals surface area contributed by atoms with Gasteiger partial charge in [0.05, 0.1) is 16.9 Å². The predicted octanol–water partition coefficient (Wildman–Crippen LogP) is 2.53. The van der Waals surface area contributed by atoms with Gasteiger partial charge in [-0.25, -0.2) is 4.98 Å². The molecule has 3 N–H and O–H groups in total. The third-order valence-corrected chi connectivity index (χ3v) is 2.68. The topological polar surface area (TPSA) is 82.7 Å². The summed E-state index contributed by atoms with van der Waals surface area (Å²) in [5.41, 5.74) is 0.749. The minimum atomic E-state index is -0.369. The molecule has 100 valence electrons. The minimum Gasteiger partial charge on any atom is -0.370 e. The molecule has 0 radical (unpaired) electrons.